The highest BCUT2D eigenvalue weighted by Gasteiger charge is 2.41. The van der Waals surface area contributed by atoms with Gasteiger partial charge in [0, 0.05) is 37.2 Å². The maximum atomic E-state index is 14.0. The Morgan fingerprint density at radius 3 is 2.74 bits per heavy atom. The normalized spacial score (nSPS) is 38.3. The van der Waals surface area contributed by atoms with Crippen LogP contribution in [0.15, 0.2) is 17.4 Å². The van der Waals surface area contributed by atoms with E-state index in [-0.39, 0.29) is 11.8 Å². The zero-order valence-electron chi connectivity index (χ0n) is 20.6. The number of fused-ring (bicyclic) bond motifs is 1. The fourth-order valence-corrected chi connectivity index (χ4v) is 8.44. The van der Waals surface area contributed by atoms with E-state index in [2.05, 4.69) is 12.2 Å². The van der Waals surface area contributed by atoms with Crippen molar-refractivity contribution in [2.45, 2.75) is 95.1 Å². The molecule has 1 amide bonds. The van der Waals surface area contributed by atoms with E-state index in [1.165, 1.54) is 19.3 Å². The number of nitrogens with zero attached hydrogens (tertiary/aromatic N) is 3. The van der Waals surface area contributed by atoms with Crippen molar-refractivity contribution < 1.29 is 9.18 Å². The van der Waals surface area contributed by atoms with E-state index in [9.17, 15) is 9.18 Å². The van der Waals surface area contributed by atoms with Crippen LogP contribution in [0, 0.1) is 35.0 Å². The second kappa shape index (κ2) is 10.2. The number of carbonyl (C=O) groups excluding carboxylic acids is 1. The predicted molar refractivity (Wildman–Crippen MR) is 134 cm³/mol. The fraction of sp³-hybridized carbons (Fsp3) is 0.808. The third-order valence-corrected chi connectivity index (χ3v) is 10.2. The molecule has 6 nitrogen and oxygen atoms in total. The summed E-state index contributed by atoms with van der Waals surface area (Å²) in [6.45, 7) is 2.97. The minimum Gasteiger partial charge on any atom is -0.321 e. The van der Waals surface area contributed by atoms with Crippen molar-refractivity contribution in [1.82, 2.24) is 14.5 Å². The molecular weight excluding hydrogens is 449 g/mol. The van der Waals surface area contributed by atoms with Crippen molar-refractivity contribution >= 4 is 22.8 Å². The molecule has 1 aromatic heterocycles. The molecule has 0 spiro atoms. The third-order valence-electron chi connectivity index (χ3n) is 8.96. The highest BCUT2D eigenvalue weighted by molar-refractivity contribution is 8.14. The first-order chi connectivity index (χ1) is 16.4. The van der Waals surface area contributed by atoms with Crippen molar-refractivity contribution in [1.29, 1.82) is 5.41 Å². The minimum absolute atomic E-state index is 0.0385. The van der Waals surface area contributed by atoms with Gasteiger partial charge in [-0.1, -0.05) is 31.5 Å². The van der Waals surface area contributed by atoms with Gasteiger partial charge in [0.15, 0.2) is 5.17 Å². The molecule has 2 N–H and O–H groups in total. The molecule has 8 atom stereocenters. The van der Waals surface area contributed by atoms with Crippen LogP contribution in [0.1, 0.15) is 71.1 Å². The second-order valence-corrected chi connectivity index (χ2v) is 12.6. The Hall–Kier alpha value is -1.57. The number of thioether (sulfide) groups is 1. The number of aliphatic imine (C=N–C) groups is 1. The number of nitrogens with one attached hydrogen (secondary N) is 2. The van der Waals surface area contributed by atoms with E-state index in [1.807, 2.05) is 28.6 Å². The number of hydrogen-bond donors (Lipinski definition) is 2. The van der Waals surface area contributed by atoms with Gasteiger partial charge in [0.1, 0.15) is 6.17 Å². The first kappa shape index (κ1) is 24.1. The molecule has 5 rings (SSSR count). The second-order valence-electron chi connectivity index (χ2n) is 11.4. The maximum absolute atomic E-state index is 14.0. The quantitative estimate of drug-likeness (QED) is 0.646. The van der Waals surface area contributed by atoms with Gasteiger partial charge in [-0.15, -0.1) is 0 Å². The highest BCUT2D eigenvalue weighted by atomic mass is 32.2. The molecule has 0 aromatic carbocycles. The van der Waals surface area contributed by atoms with Crippen molar-refractivity contribution in [2.24, 2.45) is 41.6 Å². The van der Waals surface area contributed by atoms with Gasteiger partial charge in [0.2, 0.25) is 11.5 Å². The third kappa shape index (κ3) is 5.17. The van der Waals surface area contributed by atoms with Crippen molar-refractivity contribution in [3.05, 3.63) is 18.0 Å². The van der Waals surface area contributed by atoms with E-state index in [0.29, 0.717) is 53.4 Å². The zero-order valence-corrected chi connectivity index (χ0v) is 21.4. The molecule has 4 aliphatic rings. The maximum Gasteiger partial charge on any atom is 0.229 e. The van der Waals surface area contributed by atoms with E-state index in [0.717, 1.165) is 43.8 Å². The van der Waals surface area contributed by atoms with Gasteiger partial charge in [-0.2, -0.15) is 0 Å². The molecule has 8 unspecified atom stereocenters. The van der Waals surface area contributed by atoms with Crippen LogP contribution in [0.5, 0.6) is 0 Å². The van der Waals surface area contributed by atoms with Crippen LogP contribution in [0.2, 0.25) is 0 Å². The van der Waals surface area contributed by atoms with Crippen LogP contribution in [0.4, 0.5) is 4.39 Å². The lowest BCUT2D eigenvalue weighted by Gasteiger charge is -2.43. The van der Waals surface area contributed by atoms with Gasteiger partial charge >= 0.3 is 0 Å². The Morgan fingerprint density at radius 2 is 2.00 bits per heavy atom. The fourth-order valence-electron chi connectivity index (χ4n) is 7.16. The topological polar surface area (TPSA) is 75.2 Å². The average molecular weight is 490 g/mol. The van der Waals surface area contributed by atoms with Crippen LogP contribution in [0.25, 0.3) is 0 Å². The summed E-state index contributed by atoms with van der Waals surface area (Å²) < 4.78 is 17.9. The summed E-state index contributed by atoms with van der Waals surface area (Å²) in [5.41, 5.74) is 0.494. The van der Waals surface area contributed by atoms with Crippen LogP contribution < -0.4 is 10.9 Å². The van der Waals surface area contributed by atoms with Gasteiger partial charge in [-0.25, -0.2) is 4.39 Å². The molecular formula is C26H40FN5OS. The molecule has 0 saturated heterocycles. The van der Waals surface area contributed by atoms with Gasteiger partial charge < -0.3 is 14.5 Å². The predicted octanol–water partition coefficient (Wildman–Crippen LogP) is 4.64. The number of aryl methyl sites for hydroxylation is 1. The van der Waals surface area contributed by atoms with Crippen LogP contribution in [-0.2, 0) is 18.4 Å². The minimum atomic E-state index is -0.670. The smallest absolute Gasteiger partial charge is 0.229 e. The summed E-state index contributed by atoms with van der Waals surface area (Å²) in [6.07, 6.45) is 13.1. The molecule has 34 heavy (non-hydrogen) atoms. The molecule has 188 valence electrons. The monoisotopic (exact) mass is 489 g/mol. The number of rotatable bonds is 4. The molecule has 3 saturated carbocycles. The standard InChI is InChI=1S/C26H40FN5OS/c1-16-11-20(27)7-8-21(16)18-12-17(15-32-10-9-31(2)25(32)28)13-19(14-18)24(33)30-26-29-22-5-3-4-6-23(22)34-26/h9-10,16-23,28H,3-8,11-15H2,1-2H3,(H,29,30,33). The molecule has 3 fully saturated rings. The van der Waals surface area contributed by atoms with Crippen LogP contribution in [0.3, 0.4) is 0 Å². The van der Waals surface area contributed by atoms with Crippen LogP contribution >= 0.6 is 11.8 Å². The van der Waals surface area contributed by atoms with E-state index >= 15 is 0 Å². The molecule has 0 bridgehead atoms. The van der Waals surface area contributed by atoms with Gasteiger partial charge in [0.25, 0.3) is 0 Å². The van der Waals surface area contributed by atoms with Gasteiger partial charge in [-0.3, -0.25) is 15.2 Å². The number of hydrogen-bond acceptors (Lipinski definition) is 4. The number of amidine groups is 1. The summed E-state index contributed by atoms with van der Waals surface area (Å²) in [5, 5.41) is 12.9. The molecule has 2 heterocycles. The molecule has 8 heteroatoms. The number of amides is 1. The van der Waals surface area contributed by atoms with Gasteiger partial charge in [0.05, 0.1) is 6.04 Å². The van der Waals surface area contributed by atoms with E-state index < -0.39 is 6.17 Å². The number of halogens is 1. The first-order valence-corrected chi connectivity index (χ1v) is 14.2. The van der Waals surface area contributed by atoms with Crippen molar-refractivity contribution in [3.8, 4) is 0 Å². The molecule has 3 aliphatic carbocycles. The summed E-state index contributed by atoms with van der Waals surface area (Å²) >= 11 is 1.77. The molecule has 1 aliphatic heterocycles. The Morgan fingerprint density at radius 1 is 1.18 bits per heavy atom. The Bertz CT molecular complexity index is 973. The zero-order chi connectivity index (χ0) is 23.8. The summed E-state index contributed by atoms with van der Waals surface area (Å²) in [4.78, 5) is 18.3. The Labute approximate surface area is 206 Å². The SMILES string of the molecule is CC1CC(F)CCC1C1CC(Cn2ccn(C)c2=N)CC(C(=O)NC2=NC3CCCCC3S2)C1. The van der Waals surface area contributed by atoms with Crippen LogP contribution in [-0.4, -0.2) is 37.7 Å². The number of imidazole rings is 1. The molecule has 0 radical (unpaired) electrons. The largest absolute Gasteiger partial charge is 0.321 e. The number of aromatic nitrogens is 2. The first-order valence-electron chi connectivity index (χ1n) is 13.3. The number of alkyl halides is 1. The van der Waals surface area contributed by atoms with Gasteiger partial charge in [-0.05, 0) is 75.0 Å². The average Bonchev–Trinajstić information content (AvgIpc) is 3.36. The summed E-state index contributed by atoms with van der Waals surface area (Å²) in [6, 6.07) is 0.377. The van der Waals surface area contributed by atoms with Crippen molar-refractivity contribution in [2.75, 3.05) is 0 Å². The molecule has 1 aromatic rings. The van der Waals surface area contributed by atoms with E-state index in [4.69, 9.17) is 10.4 Å². The lowest BCUT2D eigenvalue weighted by molar-refractivity contribution is -0.126. The number of carbonyl (C=O) groups is 1. The lowest BCUT2D eigenvalue weighted by Crippen LogP contribution is -2.42. The lowest BCUT2D eigenvalue weighted by atomic mass is 9.63. The Balaban J connectivity index is 1.30. The highest BCUT2D eigenvalue weighted by Crippen LogP contribution is 2.46. The summed E-state index contributed by atoms with van der Waals surface area (Å²) in [7, 11) is 1.90. The van der Waals surface area contributed by atoms with Crippen molar-refractivity contribution in [3.63, 3.8) is 0 Å². The van der Waals surface area contributed by atoms with E-state index in [1.54, 1.807) is 11.8 Å². The Kier molecular flexibility index (Phi) is 7.24. The summed E-state index contributed by atoms with van der Waals surface area (Å²) in [5.74, 6) is 1.73.